The molecule has 1 aromatic carbocycles. The smallest absolute Gasteiger partial charge is 0.359 e. The fraction of sp³-hybridized carbons (Fsp3) is 0.312. The molecule has 1 amide bonds. The van der Waals surface area contributed by atoms with Gasteiger partial charge in [-0.1, -0.05) is 18.2 Å². The van der Waals surface area contributed by atoms with E-state index in [9.17, 15) is 9.59 Å². The summed E-state index contributed by atoms with van der Waals surface area (Å²) in [6.45, 7) is 0. The number of carbonyl (C=O) groups is 2. The zero-order valence-electron chi connectivity index (χ0n) is 14.1. The summed E-state index contributed by atoms with van der Waals surface area (Å²) in [6.07, 6.45) is 1.66. The molecule has 0 saturated carbocycles. The maximum absolute atomic E-state index is 12.0. The molecule has 0 fully saturated rings. The number of likely N-dealkylation sites (N-methyl/N-ethyl adjacent to an activating group) is 1. The van der Waals surface area contributed by atoms with Gasteiger partial charge in [0.1, 0.15) is 6.29 Å². The Morgan fingerprint density at radius 1 is 1.36 bits per heavy atom. The van der Waals surface area contributed by atoms with Gasteiger partial charge in [0.05, 0.1) is 17.1 Å². The Labute approximate surface area is 175 Å². The molecular weight excluding hydrogens is 305 g/mol. The van der Waals surface area contributed by atoms with Crippen LogP contribution in [0.4, 0.5) is 0 Å². The number of aryl methyl sites for hydroxylation is 1. The van der Waals surface area contributed by atoms with Crippen molar-refractivity contribution in [2.75, 3.05) is 7.05 Å². The number of fused-ring (bicyclic) bond motifs is 1. The molecule has 0 spiro atoms. The number of aldehydes is 1. The minimum Gasteiger partial charge on any atom is -0.359 e. The molecule has 22 heavy (non-hydrogen) atoms. The minimum atomic E-state index is -0.388. The summed E-state index contributed by atoms with van der Waals surface area (Å²) >= 11 is 0. The first kappa shape index (κ1) is 23.7. The van der Waals surface area contributed by atoms with Crippen molar-refractivity contribution in [1.29, 1.82) is 0 Å². The summed E-state index contributed by atoms with van der Waals surface area (Å²) in [5.41, 5.74) is 1.72. The molecule has 1 atom stereocenters. The maximum atomic E-state index is 12.0. The molecule has 0 aliphatic carbocycles. The molecule has 0 radical (unpaired) electrons. The first-order chi connectivity index (χ1) is 9.19. The molecule has 2 rings (SSSR count). The molecule has 1 N–H and O–H groups in total. The van der Waals surface area contributed by atoms with Crippen molar-refractivity contribution in [2.45, 2.75) is 18.8 Å². The van der Waals surface area contributed by atoms with Gasteiger partial charge in [0, 0.05) is 25.9 Å². The molecule has 0 aliphatic heterocycles. The number of hydrogen-bond acceptors (Lipinski definition) is 3. The number of rotatable bonds is 5. The van der Waals surface area contributed by atoms with E-state index in [1.165, 1.54) is 0 Å². The van der Waals surface area contributed by atoms with Gasteiger partial charge in [-0.2, -0.15) is 5.10 Å². The van der Waals surface area contributed by atoms with Crippen molar-refractivity contribution in [3.8, 4) is 0 Å². The third kappa shape index (κ3) is 4.99. The fourth-order valence-corrected chi connectivity index (χ4v) is 2.30. The van der Waals surface area contributed by atoms with Crippen LogP contribution in [0.5, 0.6) is 0 Å². The van der Waals surface area contributed by atoms with Crippen molar-refractivity contribution in [3.63, 3.8) is 0 Å². The first-order valence-corrected chi connectivity index (χ1v) is 6.26. The number of hydrogen-bond donors (Lipinski definition) is 1. The maximum Gasteiger partial charge on any atom is 1.00 e. The number of nitrogens with zero attached hydrogens (tertiary/aromatic N) is 2. The van der Waals surface area contributed by atoms with Crippen molar-refractivity contribution in [1.82, 2.24) is 15.1 Å². The third-order valence-corrected chi connectivity index (χ3v) is 3.25. The van der Waals surface area contributed by atoms with Crippen molar-refractivity contribution >= 4 is 23.1 Å². The zero-order chi connectivity index (χ0) is 13.8. The second-order valence-electron chi connectivity index (χ2n) is 4.44. The molecule has 0 bridgehead atoms. The summed E-state index contributed by atoms with van der Waals surface area (Å²) in [5, 5.41) is 8.06. The van der Waals surface area contributed by atoms with Crippen LogP contribution < -0.4 is 56.7 Å². The summed E-state index contributed by atoms with van der Waals surface area (Å²) in [6, 6.07) is 7.78. The van der Waals surface area contributed by atoms with Crippen LogP contribution in [-0.2, 0) is 16.6 Å². The van der Waals surface area contributed by atoms with Gasteiger partial charge in [-0.05, 0) is 12.5 Å². The van der Waals surface area contributed by atoms with Crippen LogP contribution in [0.15, 0.2) is 24.3 Å². The van der Waals surface area contributed by atoms with Crippen LogP contribution in [0.1, 0.15) is 24.5 Å². The van der Waals surface area contributed by atoms with E-state index in [4.69, 9.17) is 0 Å². The Bertz CT molecular complexity index is 610. The molecule has 6 heteroatoms. The van der Waals surface area contributed by atoms with Gasteiger partial charge in [-0.15, -0.1) is 0 Å². The number of nitrogens with one attached hydrogen (secondary N) is 1. The number of aromatic nitrogens is 2. The molecule has 2 aromatic rings. The molecule has 0 saturated heterocycles. The predicted molar refractivity (Wildman–Crippen MR) is 85.6 cm³/mol. The summed E-state index contributed by atoms with van der Waals surface area (Å²) in [7, 11) is 3.45. The topological polar surface area (TPSA) is 64.0 Å². The number of carbonyl (C=O) groups excluding carboxylic acids is 2. The number of amides is 1. The van der Waals surface area contributed by atoms with E-state index in [1.54, 1.807) is 11.7 Å². The van der Waals surface area contributed by atoms with Crippen LogP contribution in [0.3, 0.4) is 0 Å². The number of para-hydroxylation sites is 1. The van der Waals surface area contributed by atoms with E-state index in [0.29, 0.717) is 12.8 Å². The molecule has 1 unspecified atom stereocenters. The van der Waals surface area contributed by atoms with E-state index in [2.05, 4.69) is 10.4 Å². The molecular formula is C16H23KN3O2-. The van der Waals surface area contributed by atoms with E-state index in [1.807, 2.05) is 31.3 Å². The fourth-order valence-electron chi connectivity index (χ4n) is 2.30. The van der Waals surface area contributed by atoms with Gasteiger partial charge in [0.25, 0.3) is 0 Å². The Kier molecular flexibility index (Phi) is 11.9. The normalized spacial score (nSPS) is 10.6. The monoisotopic (exact) mass is 328 g/mol. The largest absolute Gasteiger partial charge is 1.00 e. The van der Waals surface area contributed by atoms with Crippen LogP contribution in [-0.4, -0.2) is 29.0 Å². The summed E-state index contributed by atoms with van der Waals surface area (Å²) in [4.78, 5) is 22.6. The Morgan fingerprint density at radius 2 is 2.00 bits per heavy atom. The van der Waals surface area contributed by atoms with Crippen molar-refractivity contribution < 1.29 is 61.0 Å². The number of benzene rings is 1. The SMILES string of the molecule is CNC(=O)C(CCC=O)c1nn(C)c2ccccc12.[CH3-].[CH3-].[K+]. The van der Waals surface area contributed by atoms with Gasteiger partial charge in [0.15, 0.2) is 0 Å². The van der Waals surface area contributed by atoms with Gasteiger partial charge in [-0.3, -0.25) is 9.48 Å². The molecule has 5 nitrogen and oxygen atoms in total. The van der Waals surface area contributed by atoms with E-state index in [-0.39, 0.29) is 78.1 Å². The third-order valence-electron chi connectivity index (χ3n) is 3.25. The predicted octanol–water partition coefficient (Wildman–Crippen LogP) is -0.713. The second-order valence-corrected chi connectivity index (χ2v) is 4.44. The van der Waals surface area contributed by atoms with E-state index in [0.717, 1.165) is 22.9 Å². The molecule has 1 heterocycles. The average molecular weight is 328 g/mol. The van der Waals surface area contributed by atoms with Gasteiger partial charge < -0.3 is 25.0 Å². The Morgan fingerprint density at radius 3 is 2.59 bits per heavy atom. The minimum absolute atomic E-state index is 0. The molecule has 116 valence electrons. The van der Waals surface area contributed by atoms with Crippen LogP contribution in [0, 0.1) is 14.9 Å². The van der Waals surface area contributed by atoms with Crippen LogP contribution >= 0.6 is 0 Å². The molecule has 1 aromatic heterocycles. The van der Waals surface area contributed by atoms with Crippen molar-refractivity contribution in [2.24, 2.45) is 7.05 Å². The average Bonchev–Trinajstić information content (AvgIpc) is 2.77. The second kappa shape index (κ2) is 11.1. The van der Waals surface area contributed by atoms with Gasteiger partial charge in [0.2, 0.25) is 5.91 Å². The van der Waals surface area contributed by atoms with E-state index < -0.39 is 0 Å². The van der Waals surface area contributed by atoms with Crippen LogP contribution in [0.2, 0.25) is 0 Å². The summed E-state index contributed by atoms with van der Waals surface area (Å²) in [5.74, 6) is -0.494. The zero-order valence-corrected chi connectivity index (χ0v) is 17.2. The standard InChI is InChI=1S/C14H17N3O2.2CH3.K/c1-15-14(19)11(7-5-9-18)13-10-6-3-4-8-12(10)17(2)16-13;;;/h3-4,6,8-9,11H,5,7H2,1-2H3,(H,15,19);2*1H3;/q;2*-1;+1. The van der Waals surface area contributed by atoms with Gasteiger partial charge in [-0.25, -0.2) is 0 Å². The van der Waals surface area contributed by atoms with Crippen LogP contribution in [0.25, 0.3) is 10.9 Å². The molecule has 0 aliphatic rings. The Balaban J connectivity index is 0. The Hall–Kier alpha value is -0.534. The van der Waals surface area contributed by atoms with Crippen molar-refractivity contribution in [3.05, 3.63) is 44.8 Å². The first-order valence-electron chi connectivity index (χ1n) is 6.26. The van der Waals surface area contributed by atoms with E-state index >= 15 is 0 Å². The quantitative estimate of drug-likeness (QED) is 0.448. The van der Waals surface area contributed by atoms with Gasteiger partial charge >= 0.3 is 51.4 Å². The summed E-state index contributed by atoms with van der Waals surface area (Å²) < 4.78 is 1.77.